The number of rotatable bonds is 4. The largest absolute Gasteiger partial charge is 0.459 e. The molecule has 0 saturated carbocycles. The van der Waals surface area contributed by atoms with Crippen molar-refractivity contribution in [3.05, 3.63) is 71.8 Å². The first-order valence-electron chi connectivity index (χ1n) is 6.55. The molecule has 0 aliphatic heterocycles. The second-order valence-corrected chi connectivity index (χ2v) is 4.75. The molecule has 20 heavy (non-hydrogen) atoms. The molecule has 3 heteroatoms. The fourth-order valence-corrected chi connectivity index (χ4v) is 2.35. The van der Waals surface area contributed by atoms with Crippen molar-refractivity contribution in [2.24, 2.45) is 0 Å². The standard InChI is InChI=1S/C17H18O3/c1-13(20-14(2)18)17(19,15-9-5-3-6-10-15)16-11-7-4-8-12-16/h3-13,19H,1-2H3/t13-/m0/s1. The molecule has 0 spiro atoms. The molecule has 0 saturated heterocycles. The number of hydrogen-bond donors (Lipinski definition) is 1. The highest BCUT2D eigenvalue weighted by Crippen LogP contribution is 2.34. The molecule has 2 rings (SSSR count). The zero-order chi connectivity index (χ0) is 14.6. The van der Waals surface area contributed by atoms with Gasteiger partial charge in [0.05, 0.1) is 0 Å². The van der Waals surface area contributed by atoms with E-state index in [1.54, 1.807) is 6.92 Å². The maximum atomic E-state index is 11.2. The quantitative estimate of drug-likeness (QED) is 0.869. The van der Waals surface area contributed by atoms with E-state index in [2.05, 4.69) is 0 Å². The van der Waals surface area contributed by atoms with Crippen LogP contribution in [0.2, 0.25) is 0 Å². The normalized spacial score (nSPS) is 12.8. The van der Waals surface area contributed by atoms with Gasteiger partial charge < -0.3 is 9.84 Å². The summed E-state index contributed by atoms with van der Waals surface area (Å²) in [5, 5.41) is 11.2. The van der Waals surface area contributed by atoms with Gasteiger partial charge in [0.1, 0.15) is 6.10 Å². The van der Waals surface area contributed by atoms with E-state index in [1.165, 1.54) is 6.92 Å². The Morgan fingerprint density at radius 1 is 1.00 bits per heavy atom. The molecule has 0 aliphatic carbocycles. The summed E-state index contributed by atoms with van der Waals surface area (Å²) < 4.78 is 5.24. The summed E-state index contributed by atoms with van der Waals surface area (Å²) in [6, 6.07) is 18.5. The molecule has 3 nitrogen and oxygen atoms in total. The first-order valence-corrected chi connectivity index (χ1v) is 6.55. The smallest absolute Gasteiger partial charge is 0.303 e. The van der Waals surface area contributed by atoms with Crippen LogP contribution in [0, 0.1) is 0 Å². The van der Waals surface area contributed by atoms with Crippen LogP contribution in [0.3, 0.4) is 0 Å². The number of benzene rings is 2. The summed E-state index contributed by atoms with van der Waals surface area (Å²) in [5.74, 6) is -0.414. The lowest BCUT2D eigenvalue weighted by molar-refractivity contribution is -0.157. The van der Waals surface area contributed by atoms with E-state index in [4.69, 9.17) is 4.74 Å². The Kier molecular flexibility index (Phi) is 4.20. The molecular formula is C17H18O3. The van der Waals surface area contributed by atoms with Gasteiger partial charge in [-0.3, -0.25) is 4.79 Å². The maximum absolute atomic E-state index is 11.2. The van der Waals surface area contributed by atoms with Crippen LogP contribution in [-0.2, 0) is 15.1 Å². The Hall–Kier alpha value is -2.13. The predicted octanol–water partition coefficient (Wildman–Crippen LogP) is 2.87. The molecule has 0 aromatic heterocycles. The summed E-state index contributed by atoms with van der Waals surface area (Å²) in [7, 11) is 0. The van der Waals surface area contributed by atoms with Crippen molar-refractivity contribution >= 4 is 5.97 Å². The second-order valence-electron chi connectivity index (χ2n) is 4.75. The van der Waals surface area contributed by atoms with Crippen LogP contribution in [0.1, 0.15) is 25.0 Å². The first kappa shape index (κ1) is 14.3. The van der Waals surface area contributed by atoms with E-state index in [0.717, 1.165) is 0 Å². The van der Waals surface area contributed by atoms with Crippen molar-refractivity contribution in [1.29, 1.82) is 0 Å². The topological polar surface area (TPSA) is 46.5 Å². The highest BCUT2D eigenvalue weighted by Gasteiger charge is 2.39. The molecule has 0 aliphatic rings. The van der Waals surface area contributed by atoms with Crippen LogP contribution in [0.15, 0.2) is 60.7 Å². The summed E-state index contributed by atoms with van der Waals surface area (Å²) in [6.45, 7) is 3.04. The van der Waals surface area contributed by atoms with Gasteiger partial charge in [-0.25, -0.2) is 0 Å². The average molecular weight is 270 g/mol. The van der Waals surface area contributed by atoms with Gasteiger partial charge in [-0.1, -0.05) is 60.7 Å². The lowest BCUT2D eigenvalue weighted by atomic mass is 9.82. The minimum absolute atomic E-state index is 0.414. The molecule has 0 unspecified atom stereocenters. The molecule has 104 valence electrons. The summed E-state index contributed by atoms with van der Waals surface area (Å²) >= 11 is 0. The fraction of sp³-hybridized carbons (Fsp3) is 0.235. The molecule has 2 aromatic carbocycles. The Morgan fingerprint density at radius 3 is 1.75 bits per heavy atom. The van der Waals surface area contributed by atoms with Gasteiger partial charge in [0.25, 0.3) is 0 Å². The fourth-order valence-electron chi connectivity index (χ4n) is 2.35. The van der Waals surface area contributed by atoms with E-state index in [9.17, 15) is 9.90 Å². The van der Waals surface area contributed by atoms with E-state index in [-0.39, 0.29) is 0 Å². The van der Waals surface area contributed by atoms with Gasteiger partial charge >= 0.3 is 5.97 Å². The lowest BCUT2D eigenvalue weighted by Gasteiger charge is -2.34. The minimum atomic E-state index is -1.37. The monoisotopic (exact) mass is 270 g/mol. The highest BCUT2D eigenvalue weighted by atomic mass is 16.6. The lowest BCUT2D eigenvalue weighted by Crippen LogP contribution is -2.41. The van der Waals surface area contributed by atoms with Crippen LogP contribution in [0.5, 0.6) is 0 Å². The molecule has 2 aromatic rings. The van der Waals surface area contributed by atoms with E-state index in [0.29, 0.717) is 11.1 Å². The number of esters is 1. The minimum Gasteiger partial charge on any atom is -0.459 e. The molecule has 0 heterocycles. The molecule has 0 amide bonds. The average Bonchev–Trinajstić information content (AvgIpc) is 2.47. The van der Waals surface area contributed by atoms with Gasteiger partial charge in [0.15, 0.2) is 5.60 Å². The van der Waals surface area contributed by atoms with Gasteiger partial charge in [0.2, 0.25) is 0 Å². The number of aliphatic hydroxyl groups is 1. The zero-order valence-corrected chi connectivity index (χ0v) is 11.6. The Balaban J connectivity index is 2.52. The van der Waals surface area contributed by atoms with Crippen LogP contribution in [-0.4, -0.2) is 17.2 Å². The first-order chi connectivity index (χ1) is 9.55. The number of ether oxygens (including phenoxy) is 1. The van der Waals surface area contributed by atoms with E-state index < -0.39 is 17.7 Å². The van der Waals surface area contributed by atoms with Crippen molar-refractivity contribution in [3.8, 4) is 0 Å². The summed E-state index contributed by atoms with van der Waals surface area (Å²) in [5.41, 5.74) is 0.0219. The van der Waals surface area contributed by atoms with E-state index >= 15 is 0 Å². The highest BCUT2D eigenvalue weighted by molar-refractivity contribution is 5.66. The molecule has 0 bridgehead atoms. The zero-order valence-electron chi connectivity index (χ0n) is 11.6. The van der Waals surface area contributed by atoms with E-state index in [1.807, 2.05) is 60.7 Å². The Labute approximate surface area is 118 Å². The van der Waals surface area contributed by atoms with Crippen LogP contribution in [0.4, 0.5) is 0 Å². The number of hydrogen-bond acceptors (Lipinski definition) is 3. The van der Waals surface area contributed by atoms with Crippen LogP contribution < -0.4 is 0 Å². The SMILES string of the molecule is CC(=O)O[C@@H](C)C(O)(c1ccccc1)c1ccccc1. The number of carbonyl (C=O) groups is 1. The van der Waals surface area contributed by atoms with Crippen molar-refractivity contribution in [1.82, 2.24) is 0 Å². The van der Waals surface area contributed by atoms with Gasteiger partial charge in [-0.2, -0.15) is 0 Å². The Bertz CT molecular complexity index is 524. The summed E-state index contributed by atoms with van der Waals surface area (Å²) in [4.78, 5) is 11.2. The van der Waals surface area contributed by atoms with Gasteiger partial charge in [-0.15, -0.1) is 0 Å². The maximum Gasteiger partial charge on any atom is 0.303 e. The second kappa shape index (κ2) is 5.88. The number of carbonyl (C=O) groups excluding carboxylic acids is 1. The molecule has 0 fully saturated rings. The van der Waals surface area contributed by atoms with Crippen LogP contribution >= 0.6 is 0 Å². The van der Waals surface area contributed by atoms with Crippen molar-refractivity contribution in [2.75, 3.05) is 0 Å². The van der Waals surface area contributed by atoms with Crippen molar-refractivity contribution in [2.45, 2.75) is 25.6 Å². The summed E-state index contributed by atoms with van der Waals surface area (Å²) in [6.07, 6.45) is -0.690. The molecule has 0 radical (unpaired) electrons. The van der Waals surface area contributed by atoms with Crippen LogP contribution in [0.25, 0.3) is 0 Å². The Morgan fingerprint density at radius 2 is 1.40 bits per heavy atom. The third kappa shape index (κ3) is 2.73. The van der Waals surface area contributed by atoms with Crippen molar-refractivity contribution in [3.63, 3.8) is 0 Å². The molecule has 1 atom stereocenters. The molecular weight excluding hydrogens is 252 g/mol. The predicted molar refractivity (Wildman–Crippen MR) is 77.1 cm³/mol. The third-order valence-electron chi connectivity index (χ3n) is 3.36. The third-order valence-corrected chi connectivity index (χ3v) is 3.36. The van der Waals surface area contributed by atoms with Gasteiger partial charge in [0, 0.05) is 6.92 Å². The molecule has 1 N–H and O–H groups in total. The van der Waals surface area contributed by atoms with Crippen molar-refractivity contribution < 1.29 is 14.6 Å². The van der Waals surface area contributed by atoms with Gasteiger partial charge in [-0.05, 0) is 18.1 Å².